The summed E-state index contributed by atoms with van der Waals surface area (Å²) in [5.74, 6) is 4.95. The van der Waals surface area contributed by atoms with Crippen LogP contribution in [-0.4, -0.2) is 55.0 Å². The molecule has 1 rings (SSSR count). The van der Waals surface area contributed by atoms with Crippen molar-refractivity contribution >= 4 is 5.91 Å². The summed E-state index contributed by atoms with van der Waals surface area (Å²) in [4.78, 5) is 15.7. The van der Waals surface area contributed by atoms with Gasteiger partial charge in [-0.1, -0.05) is 6.92 Å². The van der Waals surface area contributed by atoms with Gasteiger partial charge in [0.05, 0.1) is 0 Å². The molecule has 0 unspecified atom stereocenters. The van der Waals surface area contributed by atoms with E-state index in [1.165, 1.54) is 13.0 Å². The molecule has 0 atom stereocenters. The topological polar surface area (TPSA) is 61.6 Å². The largest absolute Gasteiger partial charge is 0.301 e. The lowest BCUT2D eigenvalue weighted by molar-refractivity contribution is -0.121. The van der Waals surface area contributed by atoms with Crippen molar-refractivity contribution in [1.82, 2.24) is 15.2 Å². The van der Waals surface area contributed by atoms with E-state index < -0.39 is 0 Å². The normalized spacial score (nSPS) is 19.1. The third-order valence-corrected chi connectivity index (χ3v) is 2.82. The van der Waals surface area contributed by atoms with E-state index in [1.807, 2.05) is 0 Å². The number of amides is 1. The van der Waals surface area contributed by atoms with Crippen LogP contribution in [-0.2, 0) is 4.79 Å². The first-order valence-electron chi connectivity index (χ1n) is 5.70. The van der Waals surface area contributed by atoms with Crippen molar-refractivity contribution in [2.24, 2.45) is 5.84 Å². The molecule has 1 heterocycles. The standard InChI is InChI=1S/C10H22N4O/c1-2-4-13-6-8-14(9-7-13)5-3-10(15)12-11/h2-9,11H2,1H3,(H,12,15). The Hall–Kier alpha value is -0.650. The molecule has 5 nitrogen and oxygen atoms in total. The number of carbonyl (C=O) groups excluding carboxylic acids is 1. The van der Waals surface area contributed by atoms with Crippen LogP contribution in [0, 0.1) is 0 Å². The second-order valence-electron chi connectivity index (χ2n) is 4.00. The number of nitrogens with two attached hydrogens (primary N) is 1. The van der Waals surface area contributed by atoms with Gasteiger partial charge in [0, 0.05) is 39.1 Å². The molecule has 88 valence electrons. The molecule has 0 aromatic carbocycles. The summed E-state index contributed by atoms with van der Waals surface area (Å²) < 4.78 is 0. The maximum atomic E-state index is 10.9. The highest BCUT2D eigenvalue weighted by molar-refractivity contribution is 5.75. The quantitative estimate of drug-likeness (QED) is 0.364. The van der Waals surface area contributed by atoms with Gasteiger partial charge in [-0.15, -0.1) is 0 Å². The maximum absolute atomic E-state index is 10.9. The molecule has 0 aromatic heterocycles. The van der Waals surface area contributed by atoms with E-state index in [2.05, 4.69) is 22.1 Å². The van der Waals surface area contributed by atoms with E-state index in [0.717, 1.165) is 32.7 Å². The lowest BCUT2D eigenvalue weighted by atomic mass is 10.2. The van der Waals surface area contributed by atoms with Crippen molar-refractivity contribution in [2.45, 2.75) is 19.8 Å². The Balaban J connectivity index is 2.12. The molecule has 1 fully saturated rings. The van der Waals surface area contributed by atoms with E-state index >= 15 is 0 Å². The summed E-state index contributed by atoms with van der Waals surface area (Å²) >= 11 is 0. The Kier molecular flexibility index (Phi) is 5.60. The van der Waals surface area contributed by atoms with Gasteiger partial charge in [0.2, 0.25) is 5.91 Å². The van der Waals surface area contributed by atoms with Gasteiger partial charge in [0.15, 0.2) is 0 Å². The smallest absolute Gasteiger partial charge is 0.235 e. The third-order valence-electron chi connectivity index (χ3n) is 2.82. The molecular weight excluding hydrogens is 192 g/mol. The number of piperazine rings is 1. The molecule has 0 bridgehead atoms. The molecule has 0 aromatic rings. The molecule has 1 saturated heterocycles. The number of hydrogen-bond acceptors (Lipinski definition) is 4. The van der Waals surface area contributed by atoms with Gasteiger partial charge in [-0.05, 0) is 13.0 Å². The van der Waals surface area contributed by atoms with Crippen LogP contribution in [0.15, 0.2) is 0 Å². The fourth-order valence-electron chi connectivity index (χ4n) is 1.88. The van der Waals surface area contributed by atoms with E-state index in [1.54, 1.807) is 0 Å². The van der Waals surface area contributed by atoms with Crippen molar-refractivity contribution in [1.29, 1.82) is 0 Å². The van der Waals surface area contributed by atoms with Crippen LogP contribution in [0.25, 0.3) is 0 Å². The fourth-order valence-corrected chi connectivity index (χ4v) is 1.88. The van der Waals surface area contributed by atoms with Gasteiger partial charge in [-0.3, -0.25) is 10.2 Å². The molecule has 1 amide bonds. The number of hydrazine groups is 1. The molecule has 5 heteroatoms. The molecule has 0 aliphatic carbocycles. The minimum atomic E-state index is -0.0778. The predicted octanol–water partition coefficient (Wildman–Crippen LogP) is -0.606. The predicted molar refractivity (Wildman–Crippen MR) is 60.1 cm³/mol. The van der Waals surface area contributed by atoms with Gasteiger partial charge in [-0.25, -0.2) is 5.84 Å². The number of rotatable bonds is 5. The summed E-state index contributed by atoms with van der Waals surface area (Å²) in [5, 5.41) is 0. The minimum Gasteiger partial charge on any atom is -0.301 e. The molecule has 1 aliphatic rings. The zero-order valence-corrected chi connectivity index (χ0v) is 9.54. The van der Waals surface area contributed by atoms with E-state index in [9.17, 15) is 4.79 Å². The van der Waals surface area contributed by atoms with Crippen LogP contribution in [0.1, 0.15) is 19.8 Å². The van der Waals surface area contributed by atoms with Crippen LogP contribution in [0.3, 0.4) is 0 Å². The molecular formula is C10H22N4O. The van der Waals surface area contributed by atoms with Crippen molar-refractivity contribution < 1.29 is 4.79 Å². The summed E-state index contributed by atoms with van der Waals surface area (Å²) in [6.45, 7) is 8.60. The number of nitrogens with one attached hydrogen (secondary N) is 1. The van der Waals surface area contributed by atoms with E-state index in [0.29, 0.717) is 6.42 Å². The molecule has 15 heavy (non-hydrogen) atoms. The minimum absolute atomic E-state index is 0.0778. The zero-order valence-electron chi connectivity index (χ0n) is 9.54. The second kappa shape index (κ2) is 6.76. The van der Waals surface area contributed by atoms with Gasteiger partial charge in [-0.2, -0.15) is 0 Å². The first-order valence-corrected chi connectivity index (χ1v) is 5.70. The van der Waals surface area contributed by atoms with Crippen molar-refractivity contribution in [2.75, 3.05) is 39.3 Å². The summed E-state index contributed by atoms with van der Waals surface area (Å²) in [7, 11) is 0. The van der Waals surface area contributed by atoms with E-state index in [4.69, 9.17) is 5.84 Å². The van der Waals surface area contributed by atoms with Gasteiger partial charge in [0.25, 0.3) is 0 Å². The maximum Gasteiger partial charge on any atom is 0.235 e. The first-order chi connectivity index (χ1) is 7.26. The summed E-state index contributed by atoms with van der Waals surface area (Å²) in [5.41, 5.74) is 2.16. The van der Waals surface area contributed by atoms with Crippen molar-refractivity contribution in [3.8, 4) is 0 Å². The average Bonchev–Trinajstić information content (AvgIpc) is 2.28. The zero-order chi connectivity index (χ0) is 11.1. The number of nitrogens with zero attached hydrogens (tertiary/aromatic N) is 2. The van der Waals surface area contributed by atoms with Crippen molar-refractivity contribution in [3.63, 3.8) is 0 Å². The first kappa shape index (κ1) is 12.4. The summed E-state index contributed by atoms with van der Waals surface area (Å²) in [6.07, 6.45) is 1.72. The van der Waals surface area contributed by atoms with Crippen LogP contribution >= 0.6 is 0 Å². The van der Waals surface area contributed by atoms with Crippen LogP contribution in [0.5, 0.6) is 0 Å². The fraction of sp³-hybridized carbons (Fsp3) is 0.900. The lowest BCUT2D eigenvalue weighted by Crippen LogP contribution is -2.47. The molecule has 1 aliphatic heterocycles. The molecule has 0 radical (unpaired) electrons. The van der Waals surface area contributed by atoms with Crippen molar-refractivity contribution in [3.05, 3.63) is 0 Å². The van der Waals surface area contributed by atoms with E-state index in [-0.39, 0.29) is 5.91 Å². The number of hydrogen-bond donors (Lipinski definition) is 2. The lowest BCUT2D eigenvalue weighted by Gasteiger charge is -2.34. The van der Waals surface area contributed by atoms with Gasteiger partial charge in [0.1, 0.15) is 0 Å². The highest BCUT2D eigenvalue weighted by Crippen LogP contribution is 2.02. The molecule has 0 saturated carbocycles. The Morgan fingerprint density at radius 2 is 1.73 bits per heavy atom. The number of carbonyl (C=O) groups is 1. The van der Waals surface area contributed by atoms with Crippen LogP contribution in [0.2, 0.25) is 0 Å². The average molecular weight is 214 g/mol. The highest BCUT2D eigenvalue weighted by atomic mass is 16.2. The summed E-state index contributed by atoms with van der Waals surface area (Å²) in [6, 6.07) is 0. The third kappa shape index (κ3) is 4.59. The Morgan fingerprint density at radius 3 is 2.20 bits per heavy atom. The Bertz CT molecular complexity index is 190. The Labute approximate surface area is 91.6 Å². The Morgan fingerprint density at radius 1 is 1.20 bits per heavy atom. The molecule has 3 N–H and O–H groups in total. The molecule has 0 spiro atoms. The highest BCUT2D eigenvalue weighted by Gasteiger charge is 2.16. The van der Waals surface area contributed by atoms with Gasteiger partial charge < -0.3 is 9.80 Å². The monoisotopic (exact) mass is 214 g/mol. The van der Waals surface area contributed by atoms with Crippen LogP contribution < -0.4 is 11.3 Å². The van der Waals surface area contributed by atoms with Crippen LogP contribution in [0.4, 0.5) is 0 Å². The second-order valence-corrected chi connectivity index (χ2v) is 4.00. The SMILES string of the molecule is CCCN1CCN(CCC(=O)NN)CC1. The van der Waals surface area contributed by atoms with Gasteiger partial charge >= 0.3 is 0 Å².